The van der Waals surface area contributed by atoms with Gasteiger partial charge in [-0.25, -0.2) is 9.59 Å². The topological polar surface area (TPSA) is 110 Å². The lowest BCUT2D eigenvalue weighted by molar-refractivity contribution is -0.385. The average molecular weight is 322 g/mol. The first kappa shape index (κ1) is 16.7. The van der Waals surface area contributed by atoms with Crippen molar-refractivity contribution in [3.8, 4) is 0 Å². The second kappa shape index (κ2) is 5.86. The Labute approximate surface area is 132 Å². The summed E-state index contributed by atoms with van der Waals surface area (Å²) < 4.78 is 5.24. The number of hydrogen-bond donors (Lipinski definition) is 1. The van der Waals surface area contributed by atoms with Crippen LogP contribution in [0, 0.1) is 10.1 Å². The minimum Gasteiger partial charge on any atom is -0.480 e. The quantitative estimate of drug-likeness (QED) is 0.661. The Balaban J connectivity index is 2.35. The molecule has 1 amide bonds. The van der Waals surface area contributed by atoms with Gasteiger partial charge in [0.1, 0.15) is 11.6 Å². The van der Waals surface area contributed by atoms with Crippen LogP contribution in [0.2, 0.25) is 0 Å². The molecule has 1 atom stereocenters. The van der Waals surface area contributed by atoms with E-state index in [2.05, 4.69) is 0 Å². The van der Waals surface area contributed by atoms with E-state index in [1.807, 2.05) is 0 Å². The Hall–Kier alpha value is -2.64. The van der Waals surface area contributed by atoms with E-state index < -0.39 is 28.6 Å². The molecule has 0 bridgehead atoms. The maximum absolute atomic E-state index is 12.3. The lowest BCUT2D eigenvalue weighted by Gasteiger charge is -2.35. The van der Waals surface area contributed by atoms with Gasteiger partial charge in [0.2, 0.25) is 0 Å². The summed E-state index contributed by atoms with van der Waals surface area (Å²) in [6.07, 6.45) is -0.663. The molecule has 1 aromatic rings. The van der Waals surface area contributed by atoms with Gasteiger partial charge < -0.3 is 9.84 Å². The smallest absolute Gasteiger partial charge is 0.411 e. The predicted octanol–water partition coefficient (Wildman–Crippen LogP) is 2.34. The minimum absolute atomic E-state index is 0.0388. The number of carboxylic acids is 1. The third kappa shape index (κ3) is 3.77. The number of ether oxygens (including phenoxy) is 1. The van der Waals surface area contributed by atoms with Crippen molar-refractivity contribution in [3.05, 3.63) is 39.4 Å². The Morgan fingerprint density at radius 2 is 2.00 bits per heavy atom. The van der Waals surface area contributed by atoms with Gasteiger partial charge in [-0.2, -0.15) is 0 Å². The predicted molar refractivity (Wildman–Crippen MR) is 80.0 cm³/mol. The average Bonchev–Trinajstić information content (AvgIpc) is 2.43. The number of nitrogens with zero attached hydrogens (tertiary/aromatic N) is 2. The molecule has 1 aliphatic heterocycles. The molecule has 1 unspecified atom stereocenters. The first-order valence-corrected chi connectivity index (χ1v) is 7.07. The molecule has 0 spiro atoms. The van der Waals surface area contributed by atoms with Crippen LogP contribution in [0.3, 0.4) is 0 Å². The molecule has 8 heteroatoms. The van der Waals surface area contributed by atoms with Crippen molar-refractivity contribution < 1.29 is 24.4 Å². The van der Waals surface area contributed by atoms with Crippen molar-refractivity contribution in [3.63, 3.8) is 0 Å². The third-order valence-corrected chi connectivity index (χ3v) is 3.44. The first-order chi connectivity index (χ1) is 10.6. The molecule has 23 heavy (non-hydrogen) atoms. The lowest BCUT2D eigenvalue weighted by Crippen LogP contribution is -2.50. The fourth-order valence-corrected chi connectivity index (χ4v) is 2.42. The number of nitro benzene ring substituents is 1. The van der Waals surface area contributed by atoms with Crippen LogP contribution in [-0.4, -0.2) is 38.6 Å². The molecule has 1 aromatic carbocycles. The number of rotatable bonds is 2. The van der Waals surface area contributed by atoms with Crippen molar-refractivity contribution in [2.75, 3.05) is 0 Å². The number of aliphatic carboxylic acids is 1. The van der Waals surface area contributed by atoms with Crippen LogP contribution in [-0.2, 0) is 22.5 Å². The summed E-state index contributed by atoms with van der Waals surface area (Å²) in [5.41, 5.74) is 0.385. The number of hydrogen-bond acceptors (Lipinski definition) is 5. The molecule has 0 fully saturated rings. The van der Waals surface area contributed by atoms with Gasteiger partial charge in [0.25, 0.3) is 5.69 Å². The van der Waals surface area contributed by atoms with E-state index in [4.69, 9.17) is 4.74 Å². The molecule has 1 heterocycles. The highest BCUT2D eigenvalue weighted by Gasteiger charge is 2.37. The van der Waals surface area contributed by atoms with Gasteiger partial charge in [0, 0.05) is 18.6 Å². The highest BCUT2D eigenvalue weighted by Crippen LogP contribution is 2.28. The summed E-state index contributed by atoms with van der Waals surface area (Å²) in [4.78, 5) is 35.2. The number of fused-ring (bicyclic) bond motifs is 1. The number of benzene rings is 1. The van der Waals surface area contributed by atoms with E-state index in [0.29, 0.717) is 11.1 Å². The minimum atomic E-state index is -1.14. The van der Waals surface area contributed by atoms with Gasteiger partial charge in [0.05, 0.1) is 11.5 Å². The summed E-state index contributed by atoms with van der Waals surface area (Å²) in [6, 6.07) is 3.18. The molecular formula is C15H18N2O6. The fourth-order valence-electron chi connectivity index (χ4n) is 2.42. The van der Waals surface area contributed by atoms with Gasteiger partial charge in [-0.15, -0.1) is 0 Å². The molecule has 124 valence electrons. The molecule has 1 aliphatic rings. The third-order valence-electron chi connectivity index (χ3n) is 3.44. The van der Waals surface area contributed by atoms with Gasteiger partial charge in [0.15, 0.2) is 0 Å². The summed E-state index contributed by atoms with van der Waals surface area (Å²) >= 11 is 0. The number of amides is 1. The van der Waals surface area contributed by atoms with E-state index in [1.54, 1.807) is 20.8 Å². The molecule has 0 aromatic heterocycles. The zero-order valence-electron chi connectivity index (χ0n) is 13.1. The molecule has 8 nitrogen and oxygen atoms in total. The van der Waals surface area contributed by atoms with Crippen LogP contribution in [0.5, 0.6) is 0 Å². The van der Waals surface area contributed by atoms with Gasteiger partial charge >= 0.3 is 12.1 Å². The zero-order valence-corrected chi connectivity index (χ0v) is 13.1. The van der Waals surface area contributed by atoms with Crippen molar-refractivity contribution in [2.24, 2.45) is 0 Å². The van der Waals surface area contributed by atoms with Crippen LogP contribution in [0.4, 0.5) is 10.5 Å². The molecule has 1 N–H and O–H groups in total. The van der Waals surface area contributed by atoms with E-state index in [0.717, 1.165) is 4.90 Å². The van der Waals surface area contributed by atoms with Gasteiger partial charge in [-0.05, 0) is 31.9 Å². The van der Waals surface area contributed by atoms with E-state index in [-0.39, 0.29) is 18.7 Å². The van der Waals surface area contributed by atoms with E-state index in [1.165, 1.54) is 18.2 Å². The fraction of sp³-hybridized carbons (Fsp3) is 0.467. The van der Waals surface area contributed by atoms with Crippen LogP contribution in [0.25, 0.3) is 0 Å². The van der Waals surface area contributed by atoms with Crippen LogP contribution in [0.1, 0.15) is 31.9 Å². The van der Waals surface area contributed by atoms with Crippen molar-refractivity contribution in [1.82, 2.24) is 4.90 Å². The normalized spacial score (nSPS) is 17.3. The van der Waals surface area contributed by atoms with Crippen molar-refractivity contribution >= 4 is 17.7 Å². The molecular weight excluding hydrogens is 304 g/mol. The SMILES string of the molecule is CC(C)(C)OC(=O)N1Cc2cc([N+](=O)[O-])ccc2CC1C(=O)O. The number of non-ortho nitro benzene ring substituents is 1. The molecule has 0 saturated heterocycles. The zero-order chi connectivity index (χ0) is 17.4. The maximum Gasteiger partial charge on any atom is 0.411 e. The summed E-state index contributed by atoms with van der Waals surface area (Å²) in [6.45, 7) is 5.01. The van der Waals surface area contributed by atoms with Crippen LogP contribution < -0.4 is 0 Å². The van der Waals surface area contributed by atoms with E-state index in [9.17, 15) is 24.8 Å². The molecule has 0 saturated carbocycles. The van der Waals surface area contributed by atoms with Gasteiger partial charge in [-0.1, -0.05) is 6.07 Å². The van der Waals surface area contributed by atoms with Crippen molar-refractivity contribution in [2.45, 2.75) is 45.4 Å². The summed E-state index contributed by atoms with van der Waals surface area (Å²) in [7, 11) is 0. The van der Waals surface area contributed by atoms with Crippen LogP contribution in [0.15, 0.2) is 18.2 Å². The Kier molecular flexibility index (Phi) is 4.26. The number of carbonyl (C=O) groups excluding carboxylic acids is 1. The van der Waals surface area contributed by atoms with Crippen molar-refractivity contribution in [1.29, 1.82) is 0 Å². The second-order valence-electron chi connectivity index (χ2n) is 6.38. The first-order valence-electron chi connectivity index (χ1n) is 7.07. The molecule has 0 radical (unpaired) electrons. The number of nitro groups is 1. The Morgan fingerprint density at radius 3 is 2.52 bits per heavy atom. The highest BCUT2D eigenvalue weighted by atomic mass is 16.6. The standard InChI is InChI=1S/C15H18N2O6/c1-15(2,3)23-14(20)16-8-10-6-11(17(21)22)5-4-9(10)7-12(16)13(18)19/h4-6,12H,7-8H2,1-3H3,(H,18,19). The Morgan fingerprint density at radius 1 is 1.35 bits per heavy atom. The number of carbonyl (C=O) groups is 2. The molecule has 0 aliphatic carbocycles. The molecule has 2 rings (SSSR count). The maximum atomic E-state index is 12.3. The van der Waals surface area contributed by atoms with E-state index >= 15 is 0 Å². The summed E-state index contributed by atoms with van der Waals surface area (Å²) in [5.74, 6) is -1.14. The summed E-state index contributed by atoms with van der Waals surface area (Å²) in [5, 5.41) is 20.2. The lowest BCUT2D eigenvalue weighted by atomic mass is 9.94. The number of carboxylic acid groups (broad SMARTS) is 1. The van der Waals surface area contributed by atoms with Gasteiger partial charge in [-0.3, -0.25) is 15.0 Å². The van der Waals surface area contributed by atoms with Crippen LogP contribution >= 0.6 is 0 Å². The largest absolute Gasteiger partial charge is 0.480 e. The second-order valence-corrected chi connectivity index (χ2v) is 6.38. The monoisotopic (exact) mass is 322 g/mol. The Bertz CT molecular complexity index is 664. The highest BCUT2D eigenvalue weighted by molar-refractivity contribution is 5.81.